The Morgan fingerprint density at radius 3 is 2.00 bits per heavy atom. The number of hydrogen-bond acceptors (Lipinski definition) is 4. The number of aromatic hydroxyl groups is 1. The number of hydrogen-bond donors (Lipinski definition) is 1. The Balaban J connectivity index is 3.14. The van der Waals surface area contributed by atoms with E-state index < -0.39 is 18.0 Å². The summed E-state index contributed by atoms with van der Waals surface area (Å²) in [5.74, 6) is -0.109. The third-order valence-corrected chi connectivity index (χ3v) is 4.31. The SMILES string of the molecule is Oc1ccc(SCF)c(SCF)c1SCF. The smallest absolute Gasteiger partial charge is 0.140 e. The Bertz CT molecular complexity index is 349. The lowest BCUT2D eigenvalue weighted by Gasteiger charge is -2.12. The van der Waals surface area contributed by atoms with E-state index in [1.165, 1.54) is 12.1 Å². The van der Waals surface area contributed by atoms with Crippen LogP contribution in [0.1, 0.15) is 0 Å². The molecule has 1 N–H and O–H groups in total. The Hall–Kier alpha value is -0.140. The molecule has 90 valence electrons. The van der Waals surface area contributed by atoms with Gasteiger partial charge in [-0.25, -0.2) is 13.2 Å². The molecule has 0 atom stereocenters. The molecule has 0 saturated carbocycles. The quantitative estimate of drug-likeness (QED) is 0.779. The second-order valence-electron chi connectivity index (χ2n) is 2.50. The number of benzene rings is 1. The summed E-state index contributed by atoms with van der Waals surface area (Å²) in [5.41, 5.74) is 0. The Kier molecular flexibility index (Phi) is 6.30. The van der Waals surface area contributed by atoms with E-state index in [1.807, 2.05) is 0 Å². The molecule has 0 heterocycles. The lowest BCUT2D eigenvalue weighted by Crippen LogP contribution is -1.86. The second-order valence-corrected chi connectivity index (χ2v) is 5.28. The molecule has 0 aliphatic rings. The fourth-order valence-corrected chi connectivity index (χ4v) is 3.50. The molecular weight excluding hydrogens is 277 g/mol. The minimum Gasteiger partial charge on any atom is -0.507 e. The third kappa shape index (κ3) is 3.43. The van der Waals surface area contributed by atoms with Gasteiger partial charge in [0.05, 0.1) is 4.90 Å². The summed E-state index contributed by atoms with van der Waals surface area (Å²) >= 11 is 2.48. The van der Waals surface area contributed by atoms with E-state index in [9.17, 15) is 18.3 Å². The molecule has 1 aromatic carbocycles. The first kappa shape index (κ1) is 13.9. The number of rotatable bonds is 6. The molecule has 0 saturated heterocycles. The molecule has 0 unspecified atom stereocenters. The molecule has 0 amide bonds. The molecule has 0 aliphatic heterocycles. The Morgan fingerprint density at radius 1 is 0.875 bits per heavy atom. The van der Waals surface area contributed by atoms with Crippen LogP contribution in [0.5, 0.6) is 5.75 Å². The van der Waals surface area contributed by atoms with Crippen LogP contribution < -0.4 is 0 Å². The first-order valence-electron chi connectivity index (χ1n) is 4.16. The summed E-state index contributed by atoms with van der Waals surface area (Å²) in [6.45, 7) is 0. The van der Waals surface area contributed by atoms with Crippen molar-refractivity contribution in [1.82, 2.24) is 0 Å². The normalized spacial score (nSPS) is 10.7. The number of phenols is 1. The second kappa shape index (κ2) is 7.24. The van der Waals surface area contributed by atoms with E-state index >= 15 is 0 Å². The molecule has 1 nitrogen and oxygen atoms in total. The van der Waals surface area contributed by atoms with Crippen LogP contribution in [-0.2, 0) is 0 Å². The van der Waals surface area contributed by atoms with Crippen LogP contribution in [0.3, 0.4) is 0 Å². The zero-order valence-corrected chi connectivity index (χ0v) is 10.5. The minimum atomic E-state index is -0.725. The van der Waals surface area contributed by atoms with Crippen molar-refractivity contribution in [3.8, 4) is 5.75 Å². The lowest BCUT2D eigenvalue weighted by molar-refractivity contribution is 0.457. The standard InChI is InChI=1S/C9H9F3OS3/c10-3-14-7-2-1-6(13)8(15-4-11)9(7)16-5-12/h1-2,13H,3-5H2. The van der Waals surface area contributed by atoms with Gasteiger partial charge in [0.2, 0.25) is 0 Å². The topological polar surface area (TPSA) is 20.2 Å². The summed E-state index contributed by atoms with van der Waals surface area (Å²) in [6.07, 6.45) is 0. The summed E-state index contributed by atoms with van der Waals surface area (Å²) < 4.78 is 36.8. The highest BCUT2D eigenvalue weighted by Crippen LogP contribution is 2.43. The lowest BCUT2D eigenvalue weighted by atomic mass is 10.3. The summed E-state index contributed by atoms with van der Waals surface area (Å²) in [7, 11) is 0. The highest BCUT2D eigenvalue weighted by atomic mass is 32.2. The first-order chi connectivity index (χ1) is 7.74. The van der Waals surface area contributed by atoms with Gasteiger partial charge in [-0.1, -0.05) is 35.3 Å². The van der Waals surface area contributed by atoms with Crippen molar-refractivity contribution >= 4 is 35.3 Å². The minimum absolute atomic E-state index is 0.109. The van der Waals surface area contributed by atoms with Gasteiger partial charge in [-0.3, -0.25) is 0 Å². The number of thioether (sulfide) groups is 3. The monoisotopic (exact) mass is 286 g/mol. The zero-order valence-electron chi connectivity index (χ0n) is 8.08. The van der Waals surface area contributed by atoms with E-state index in [0.717, 1.165) is 35.3 Å². The van der Waals surface area contributed by atoms with Gasteiger partial charge < -0.3 is 5.11 Å². The highest BCUT2D eigenvalue weighted by Gasteiger charge is 2.14. The first-order valence-corrected chi connectivity index (χ1v) is 7.12. The number of halogens is 3. The van der Waals surface area contributed by atoms with Crippen molar-refractivity contribution in [2.24, 2.45) is 0 Å². The van der Waals surface area contributed by atoms with Gasteiger partial charge >= 0.3 is 0 Å². The van der Waals surface area contributed by atoms with Crippen molar-refractivity contribution < 1.29 is 18.3 Å². The van der Waals surface area contributed by atoms with E-state index in [4.69, 9.17) is 0 Å². The zero-order chi connectivity index (χ0) is 12.0. The predicted molar refractivity (Wildman–Crippen MR) is 63.6 cm³/mol. The molecule has 0 aliphatic carbocycles. The molecule has 0 aromatic heterocycles. The van der Waals surface area contributed by atoms with E-state index in [0.29, 0.717) is 9.79 Å². The van der Waals surface area contributed by atoms with E-state index in [-0.39, 0.29) is 10.6 Å². The van der Waals surface area contributed by atoms with Gasteiger partial charge in [0, 0.05) is 9.79 Å². The molecule has 1 rings (SSSR count). The largest absolute Gasteiger partial charge is 0.507 e. The van der Waals surface area contributed by atoms with Crippen LogP contribution in [-0.4, -0.2) is 23.1 Å². The summed E-state index contributed by atoms with van der Waals surface area (Å²) in [6, 6.07) is 0.781. The molecule has 1 aromatic rings. The average Bonchev–Trinajstić information content (AvgIpc) is 2.27. The highest BCUT2D eigenvalue weighted by molar-refractivity contribution is 8.03. The predicted octanol–water partition coefficient (Wildman–Crippen LogP) is 4.45. The maximum Gasteiger partial charge on any atom is 0.140 e. The van der Waals surface area contributed by atoms with E-state index in [2.05, 4.69) is 0 Å². The maximum atomic E-state index is 12.3. The molecule has 0 spiro atoms. The molecule has 0 bridgehead atoms. The molecule has 0 radical (unpaired) electrons. The van der Waals surface area contributed by atoms with Crippen LogP contribution in [0.2, 0.25) is 0 Å². The van der Waals surface area contributed by atoms with Crippen LogP contribution in [0.15, 0.2) is 26.8 Å². The number of alkyl halides is 3. The van der Waals surface area contributed by atoms with Crippen LogP contribution in [0.25, 0.3) is 0 Å². The van der Waals surface area contributed by atoms with Gasteiger partial charge in [0.25, 0.3) is 0 Å². The Labute approximate surface area is 104 Å². The number of phenolic OH excluding ortho intramolecular Hbond substituents is 1. The molecule has 16 heavy (non-hydrogen) atoms. The molecule has 7 heteroatoms. The van der Waals surface area contributed by atoms with Crippen molar-refractivity contribution in [3.63, 3.8) is 0 Å². The van der Waals surface area contributed by atoms with Crippen molar-refractivity contribution in [2.75, 3.05) is 18.0 Å². The average molecular weight is 286 g/mol. The van der Waals surface area contributed by atoms with Gasteiger partial charge in [0.15, 0.2) is 0 Å². The summed E-state index contributed by atoms with van der Waals surface area (Å²) in [4.78, 5) is 1.18. The fraction of sp³-hybridized carbons (Fsp3) is 0.333. The van der Waals surface area contributed by atoms with Crippen molar-refractivity contribution in [1.29, 1.82) is 0 Å². The third-order valence-electron chi connectivity index (χ3n) is 1.66. The summed E-state index contributed by atoms with van der Waals surface area (Å²) in [5, 5.41) is 9.52. The van der Waals surface area contributed by atoms with Gasteiger partial charge in [-0.2, -0.15) is 0 Å². The maximum absolute atomic E-state index is 12.3. The van der Waals surface area contributed by atoms with Crippen LogP contribution >= 0.6 is 35.3 Å². The van der Waals surface area contributed by atoms with Gasteiger partial charge in [0.1, 0.15) is 23.8 Å². The van der Waals surface area contributed by atoms with Crippen LogP contribution in [0, 0.1) is 0 Å². The van der Waals surface area contributed by atoms with Crippen molar-refractivity contribution in [3.05, 3.63) is 12.1 Å². The van der Waals surface area contributed by atoms with Gasteiger partial charge in [-0.15, -0.1) is 0 Å². The van der Waals surface area contributed by atoms with Crippen LogP contribution in [0.4, 0.5) is 13.2 Å². The van der Waals surface area contributed by atoms with E-state index in [1.54, 1.807) is 0 Å². The molecule has 0 fully saturated rings. The fourth-order valence-electron chi connectivity index (χ4n) is 1.09. The Morgan fingerprint density at radius 2 is 1.44 bits per heavy atom. The molecular formula is C9H9F3OS3. The van der Waals surface area contributed by atoms with Crippen molar-refractivity contribution in [2.45, 2.75) is 14.7 Å². The van der Waals surface area contributed by atoms with Gasteiger partial charge in [-0.05, 0) is 12.1 Å².